The van der Waals surface area contributed by atoms with Crippen LogP contribution in [-0.2, 0) is 4.79 Å². The Bertz CT molecular complexity index is 943. The predicted octanol–water partition coefficient (Wildman–Crippen LogP) is 4.19. The fraction of sp³-hybridized carbons (Fsp3) is 0.0500. The molecular formula is C20H14O4. The first kappa shape index (κ1) is 14.3. The number of carbonyl (C=O) groups excluding carboxylic acids is 1. The second-order valence-corrected chi connectivity index (χ2v) is 5.38. The number of hydrogen-bond donors (Lipinski definition) is 0. The molecule has 4 heteroatoms. The average molecular weight is 318 g/mol. The summed E-state index contributed by atoms with van der Waals surface area (Å²) in [6.07, 6.45) is 3.08. The van der Waals surface area contributed by atoms with E-state index in [0.717, 1.165) is 16.3 Å². The molecule has 0 spiro atoms. The van der Waals surface area contributed by atoms with Crippen LogP contribution in [0.1, 0.15) is 5.56 Å². The number of benzene rings is 3. The van der Waals surface area contributed by atoms with E-state index in [1.165, 1.54) is 6.08 Å². The van der Waals surface area contributed by atoms with Crippen LogP contribution < -0.4 is 14.2 Å². The Kier molecular flexibility index (Phi) is 3.63. The maximum absolute atomic E-state index is 12.0. The summed E-state index contributed by atoms with van der Waals surface area (Å²) in [5.41, 5.74) is 0.842. The van der Waals surface area contributed by atoms with E-state index in [2.05, 4.69) is 0 Å². The van der Waals surface area contributed by atoms with Crippen molar-refractivity contribution in [2.45, 2.75) is 0 Å². The topological polar surface area (TPSA) is 44.8 Å². The standard InChI is InChI=1S/C20H14O4/c21-20(10-6-14-5-9-18-19(11-14)23-13-22-18)24-17-8-7-15-3-1-2-4-16(15)12-17/h1-12H,13H2. The molecule has 0 N–H and O–H groups in total. The zero-order valence-electron chi connectivity index (χ0n) is 12.8. The molecular weight excluding hydrogens is 304 g/mol. The first-order valence-corrected chi connectivity index (χ1v) is 7.56. The van der Waals surface area contributed by atoms with Gasteiger partial charge in [-0.25, -0.2) is 4.79 Å². The molecule has 1 aliphatic rings. The lowest BCUT2D eigenvalue weighted by molar-refractivity contribution is -0.128. The van der Waals surface area contributed by atoms with Crippen molar-refractivity contribution in [3.05, 3.63) is 72.3 Å². The number of hydrogen-bond acceptors (Lipinski definition) is 4. The SMILES string of the molecule is O=C(C=Cc1ccc2c(c1)OCO2)Oc1ccc2ccccc2c1. The van der Waals surface area contributed by atoms with Gasteiger partial charge >= 0.3 is 5.97 Å². The van der Waals surface area contributed by atoms with Crippen molar-refractivity contribution in [2.24, 2.45) is 0 Å². The fourth-order valence-electron chi connectivity index (χ4n) is 2.56. The Labute approximate surface area is 138 Å². The molecule has 0 saturated carbocycles. The zero-order chi connectivity index (χ0) is 16.4. The number of ether oxygens (including phenoxy) is 3. The highest BCUT2D eigenvalue weighted by Gasteiger charge is 2.12. The van der Waals surface area contributed by atoms with Gasteiger partial charge in [0, 0.05) is 6.08 Å². The maximum atomic E-state index is 12.0. The van der Waals surface area contributed by atoms with Crippen molar-refractivity contribution >= 4 is 22.8 Å². The van der Waals surface area contributed by atoms with Crippen LogP contribution in [0.4, 0.5) is 0 Å². The summed E-state index contributed by atoms with van der Waals surface area (Å²) in [6, 6.07) is 19.0. The molecule has 0 radical (unpaired) electrons. The van der Waals surface area contributed by atoms with Crippen molar-refractivity contribution in [1.29, 1.82) is 0 Å². The normalized spacial score (nSPS) is 12.7. The molecule has 0 fully saturated rings. The third kappa shape index (κ3) is 2.94. The van der Waals surface area contributed by atoms with Crippen molar-refractivity contribution in [3.8, 4) is 17.2 Å². The Balaban J connectivity index is 1.47. The quantitative estimate of drug-likeness (QED) is 0.413. The zero-order valence-corrected chi connectivity index (χ0v) is 12.8. The Morgan fingerprint density at radius 1 is 0.917 bits per heavy atom. The van der Waals surface area contributed by atoms with Crippen LogP contribution >= 0.6 is 0 Å². The van der Waals surface area contributed by atoms with Crippen molar-refractivity contribution in [3.63, 3.8) is 0 Å². The van der Waals surface area contributed by atoms with Crippen LogP contribution in [0.15, 0.2) is 66.7 Å². The van der Waals surface area contributed by atoms with Gasteiger partial charge in [-0.3, -0.25) is 0 Å². The van der Waals surface area contributed by atoms with E-state index in [1.54, 1.807) is 12.1 Å². The number of rotatable bonds is 3. The molecule has 0 aliphatic carbocycles. The van der Waals surface area contributed by atoms with E-state index in [4.69, 9.17) is 14.2 Å². The van der Waals surface area contributed by atoms with Crippen LogP contribution in [0.5, 0.6) is 17.2 Å². The smallest absolute Gasteiger partial charge is 0.336 e. The van der Waals surface area contributed by atoms with E-state index in [1.807, 2.05) is 54.6 Å². The molecule has 3 aromatic carbocycles. The van der Waals surface area contributed by atoms with Gasteiger partial charge in [0.2, 0.25) is 6.79 Å². The highest BCUT2D eigenvalue weighted by Crippen LogP contribution is 2.32. The molecule has 3 aromatic rings. The molecule has 4 rings (SSSR count). The summed E-state index contributed by atoms with van der Waals surface area (Å²) >= 11 is 0. The molecule has 1 heterocycles. The van der Waals surface area contributed by atoms with Crippen molar-refractivity contribution in [1.82, 2.24) is 0 Å². The van der Waals surface area contributed by atoms with Crippen LogP contribution in [0.2, 0.25) is 0 Å². The van der Waals surface area contributed by atoms with E-state index >= 15 is 0 Å². The molecule has 1 aliphatic heterocycles. The second-order valence-electron chi connectivity index (χ2n) is 5.38. The number of esters is 1. The predicted molar refractivity (Wildman–Crippen MR) is 91.2 cm³/mol. The lowest BCUT2D eigenvalue weighted by atomic mass is 10.1. The average Bonchev–Trinajstić information content (AvgIpc) is 3.07. The number of carbonyl (C=O) groups is 1. The first-order chi connectivity index (χ1) is 11.8. The van der Waals surface area contributed by atoms with Crippen molar-refractivity contribution < 1.29 is 19.0 Å². The van der Waals surface area contributed by atoms with Gasteiger partial charge in [0.1, 0.15) is 5.75 Å². The largest absolute Gasteiger partial charge is 0.454 e. The summed E-state index contributed by atoms with van der Waals surface area (Å²) in [4.78, 5) is 12.0. The molecule has 0 saturated heterocycles. The van der Waals surface area contributed by atoms with Gasteiger partial charge in [-0.05, 0) is 46.7 Å². The minimum Gasteiger partial charge on any atom is -0.454 e. The van der Waals surface area contributed by atoms with Crippen molar-refractivity contribution in [2.75, 3.05) is 6.79 Å². The van der Waals surface area contributed by atoms with E-state index in [9.17, 15) is 4.79 Å². The minimum atomic E-state index is -0.428. The highest BCUT2D eigenvalue weighted by atomic mass is 16.7. The van der Waals surface area contributed by atoms with Gasteiger partial charge in [0.15, 0.2) is 11.5 Å². The molecule has 0 bridgehead atoms. The summed E-state index contributed by atoms with van der Waals surface area (Å²) < 4.78 is 15.9. The molecule has 0 amide bonds. The lowest BCUT2D eigenvalue weighted by Crippen LogP contribution is -2.03. The third-order valence-electron chi connectivity index (χ3n) is 3.75. The monoisotopic (exact) mass is 318 g/mol. The maximum Gasteiger partial charge on any atom is 0.336 e. The van der Waals surface area contributed by atoms with Crippen LogP contribution in [0.3, 0.4) is 0 Å². The minimum absolute atomic E-state index is 0.229. The van der Waals surface area contributed by atoms with Gasteiger partial charge in [0.25, 0.3) is 0 Å². The van der Waals surface area contributed by atoms with Gasteiger partial charge < -0.3 is 14.2 Å². The fourth-order valence-corrected chi connectivity index (χ4v) is 2.56. The van der Waals surface area contributed by atoms with E-state index in [0.29, 0.717) is 17.2 Å². The third-order valence-corrected chi connectivity index (χ3v) is 3.75. The molecule has 0 aromatic heterocycles. The molecule has 4 nitrogen and oxygen atoms in total. The molecule has 0 atom stereocenters. The van der Waals surface area contributed by atoms with Crippen LogP contribution in [0, 0.1) is 0 Å². The lowest BCUT2D eigenvalue weighted by Gasteiger charge is -2.03. The van der Waals surface area contributed by atoms with Gasteiger partial charge in [-0.15, -0.1) is 0 Å². The summed E-state index contributed by atoms with van der Waals surface area (Å²) in [5, 5.41) is 2.13. The molecule has 118 valence electrons. The Hall–Kier alpha value is -3.27. The van der Waals surface area contributed by atoms with E-state index < -0.39 is 5.97 Å². The first-order valence-electron chi connectivity index (χ1n) is 7.56. The van der Waals surface area contributed by atoms with Gasteiger partial charge in [-0.2, -0.15) is 0 Å². The second kappa shape index (κ2) is 6.08. The Morgan fingerprint density at radius 3 is 2.67 bits per heavy atom. The van der Waals surface area contributed by atoms with Gasteiger partial charge in [0.05, 0.1) is 0 Å². The summed E-state index contributed by atoms with van der Waals surface area (Å²) in [7, 11) is 0. The van der Waals surface area contributed by atoms with Gasteiger partial charge in [-0.1, -0.05) is 36.4 Å². The van der Waals surface area contributed by atoms with E-state index in [-0.39, 0.29) is 6.79 Å². The highest BCUT2D eigenvalue weighted by molar-refractivity contribution is 5.90. The van der Waals surface area contributed by atoms with Crippen LogP contribution in [0.25, 0.3) is 16.8 Å². The van der Waals surface area contributed by atoms with Crippen LogP contribution in [-0.4, -0.2) is 12.8 Å². The number of fused-ring (bicyclic) bond motifs is 2. The molecule has 24 heavy (non-hydrogen) atoms. The Morgan fingerprint density at radius 2 is 1.75 bits per heavy atom. The summed E-state index contributed by atoms with van der Waals surface area (Å²) in [5.74, 6) is 1.49. The summed E-state index contributed by atoms with van der Waals surface area (Å²) in [6.45, 7) is 0.229. The molecule has 0 unspecified atom stereocenters.